The molecule has 0 saturated carbocycles. The zero-order valence-electron chi connectivity index (χ0n) is 11.2. The fraction of sp³-hybridized carbons (Fsp3) is 0.714. The van der Waals surface area contributed by atoms with Gasteiger partial charge in [0.1, 0.15) is 0 Å². The van der Waals surface area contributed by atoms with Gasteiger partial charge >= 0.3 is 0 Å². The Hall–Kier alpha value is -0.720. The molecule has 0 aromatic carbocycles. The van der Waals surface area contributed by atoms with Crippen LogP contribution in [-0.4, -0.2) is 4.98 Å². The quantitative estimate of drug-likeness (QED) is 0.731. The molecule has 86 valence electrons. The van der Waals surface area contributed by atoms with E-state index in [4.69, 9.17) is 0 Å². The van der Waals surface area contributed by atoms with Crippen LogP contribution in [-0.2, 0) is 5.41 Å². The maximum Gasteiger partial charge on any atom is 0.0210 e. The van der Waals surface area contributed by atoms with Gasteiger partial charge in [0.05, 0.1) is 0 Å². The van der Waals surface area contributed by atoms with Crippen LogP contribution in [0.5, 0.6) is 0 Å². The largest absolute Gasteiger partial charge is 0.361 e. The molecule has 1 rings (SSSR count). The predicted molar refractivity (Wildman–Crippen MR) is 67.7 cm³/mol. The highest BCUT2D eigenvalue weighted by molar-refractivity contribution is 5.33. The van der Waals surface area contributed by atoms with Gasteiger partial charge in [0, 0.05) is 16.8 Å². The summed E-state index contributed by atoms with van der Waals surface area (Å²) < 4.78 is 0. The second kappa shape index (κ2) is 4.03. The second-order valence-corrected chi connectivity index (χ2v) is 6.11. The Kier molecular flexibility index (Phi) is 3.32. The molecule has 0 bridgehead atoms. The average Bonchev–Trinajstić information content (AvgIpc) is 2.45. The lowest BCUT2D eigenvalue weighted by atomic mass is 9.91. The van der Waals surface area contributed by atoms with Crippen LogP contribution >= 0.6 is 0 Å². The third-order valence-corrected chi connectivity index (χ3v) is 2.89. The van der Waals surface area contributed by atoms with E-state index in [-0.39, 0.29) is 5.41 Å². The molecule has 0 aliphatic rings. The van der Waals surface area contributed by atoms with E-state index < -0.39 is 0 Å². The highest BCUT2D eigenvalue weighted by atomic mass is 14.8. The monoisotopic (exact) mass is 207 g/mol. The predicted octanol–water partition coefficient (Wildman–Crippen LogP) is 4.56. The lowest BCUT2D eigenvalue weighted by Crippen LogP contribution is -2.11. The summed E-state index contributed by atoms with van der Waals surface area (Å²) in [6.07, 6.45) is 0. The van der Waals surface area contributed by atoms with Gasteiger partial charge in [-0.05, 0) is 23.5 Å². The van der Waals surface area contributed by atoms with Crippen molar-refractivity contribution in [2.75, 3.05) is 0 Å². The van der Waals surface area contributed by atoms with Gasteiger partial charge in [-0.15, -0.1) is 0 Å². The van der Waals surface area contributed by atoms with Crippen LogP contribution in [0.25, 0.3) is 0 Å². The summed E-state index contributed by atoms with van der Waals surface area (Å²) in [4.78, 5) is 3.60. The first-order valence-corrected chi connectivity index (χ1v) is 5.96. The van der Waals surface area contributed by atoms with Crippen molar-refractivity contribution in [3.05, 3.63) is 23.0 Å². The standard InChI is InChI=1S/C14H25N/c1-9(2)11-8-12(14(5,6)7)15-13(11)10(3)4/h8-10,15H,1-7H3. The highest BCUT2D eigenvalue weighted by Crippen LogP contribution is 2.31. The van der Waals surface area contributed by atoms with Crippen molar-refractivity contribution < 1.29 is 0 Å². The van der Waals surface area contributed by atoms with E-state index >= 15 is 0 Å². The maximum absolute atomic E-state index is 3.60. The van der Waals surface area contributed by atoms with Crippen molar-refractivity contribution in [2.24, 2.45) is 0 Å². The van der Waals surface area contributed by atoms with Crippen molar-refractivity contribution in [3.63, 3.8) is 0 Å². The zero-order chi connectivity index (χ0) is 11.8. The number of H-pyrrole nitrogens is 1. The summed E-state index contributed by atoms with van der Waals surface area (Å²) in [6, 6.07) is 2.35. The Morgan fingerprint density at radius 2 is 1.53 bits per heavy atom. The van der Waals surface area contributed by atoms with Crippen molar-refractivity contribution in [1.82, 2.24) is 4.98 Å². The molecule has 0 aliphatic carbocycles. The summed E-state index contributed by atoms with van der Waals surface area (Å²) >= 11 is 0. The molecule has 0 radical (unpaired) electrons. The Morgan fingerprint density at radius 3 is 1.80 bits per heavy atom. The van der Waals surface area contributed by atoms with Crippen LogP contribution in [0, 0.1) is 0 Å². The molecule has 15 heavy (non-hydrogen) atoms. The molecule has 1 nitrogen and oxygen atoms in total. The molecular formula is C14H25N. The SMILES string of the molecule is CC(C)c1cc(C(C)(C)C)[nH]c1C(C)C. The first kappa shape index (κ1) is 12.4. The topological polar surface area (TPSA) is 15.8 Å². The first-order valence-electron chi connectivity index (χ1n) is 5.96. The summed E-state index contributed by atoms with van der Waals surface area (Å²) in [5, 5.41) is 0. The van der Waals surface area contributed by atoms with Crippen LogP contribution in [0.1, 0.15) is 77.3 Å². The van der Waals surface area contributed by atoms with E-state index in [2.05, 4.69) is 59.5 Å². The van der Waals surface area contributed by atoms with Crippen molar-refractivity contribution in [1.29, 1.82) is 0 Å². The third kappa shape index (κ3) is 2.64. The Morgan fingerprint density at radius 1 is 1.00 bits per heavy atom. The van der Waals surface area contributed by atoms with Crippen LogP contribution < -0.4 is 0 Å². The lowest BCUT2D eigenvalue weighted by molar-refractivity contribution is 0.569. The average molecular weight is 207 g/mol. The number of rotatable bonds is 2. The molecule has 1 heterocycles. The van der Waals surface area contributed by atoms with Gasteiger partial charge < -0.3 is 4.98 Å². The molecule has 0 aliphatic heterocycles. The summed E-state index contributed by atoms with van der Waals surface area (Å²) in [7, 11) is 0. The fourth-order valence-electron chi connectivity index (χ4n) is 1.85. The van der Waals surface area contributed by atoms with Gasteiger partial charge in [-0.1, -0.05) is 48.5 Å². The summed E-state index contributed by atoms with van der Waals surface area (Å²) in [6.45, 7) is 15.8. The van der Waals surface area contributed by atoms with Crippen LogP contribution in [0.3, 0.4) is 0 Å². The summed E-state index contributed by atoms with van der Waals surface area (Å²) in [5.74, 6) is 1.19. The Balaban J connectivity index is 3.21. The van der Waals surface area contributed by atoms with E-state index in [1.54, 1.807) is 0 Å². The van der Waals surface area contributed by atoms with E-state index in [9.17, 15) is 0 Å². The molecule has 1 aromatic heterocycles. The lowest BCUT2D eigenvalue weighted by Gasteiger charge is -2.16. The minimum Gasteiger partial charge on any atom is -0.361 e. The minimum absolute atomic E-state index is 0.219. The number of hydrogen-bond acceptors (Lipinski definition) is 0. The molecular weight excluding hydrogens is 182 g/mol. The van der Waals surface area contributed by atoms with Crippen molar-refractivity contribution in [2.45, 2.75) is 65.7 Å². The van der Waals surface area contributed by atoms with Crippen LogP contribution in [0.4, 0.5) is 0 Å². The molecule has 0 unspecified atom stereocenters. The molecule has 0 atom stereocenters. The Bertz CT molecular complexity index is 298. The van der Waals surface area contributed by atoms with Crippen molar-refractivity contribution in [3.8, 4) is 0 Å². The number of nitrogens with one attached hydrogen (secondary N) is 1. The molecule has 0 saturated heterocycles. The third-order valence-electron chi connectivity index (χ3n) is 2.89. The number of aromatic nitrogens is 1. The van der Waals surface area contributed by atoms with E-state index in [1.807, 2.05) is 0 Å². The molecule has 1 heteroatoms. The molecule has 1 N–H and O–H groups in total. The van der Waals surface area contributed by atoms with Crippen molar-refractivity contribution >= 4 is 0 Å². The van der Waals surface area contributed by atoms with Gasteiger partial charge in [-0.25, -0.2) is 0 Å². The van der Waals surface area contributed by atoms with E-state index in [0.29, 0.717) is 11.8 Å². The number of aromatic amines is 1. The Labute approximate surface area is 94.3 Å². The molecule has 1 aromatic rings. The van der Waals surface area contributed by atoms with E-state index in [0.717, 1.165) is 0 Å². The first-order chi connectivity index (χ1) is 6.73. The fourth-order valence-corrected chi connectivity index (χ4v) is 1.85. The smallest absolute Gasteiger partial charge is 0.0210 e. The number of hydrogen-bond donors (Lipinski definition) is 1. The second-order valence-electron chi connectivity index (χ2n) is 6.11. The zero-order valence-corrected chi connectivity index (χ0v) is 11.2. The van der Waals surface area contributed by atoms with Gasteiger partial charge in [-0.3, -0.25) is 0 Å². The normalized spacial score (nSPS) is 12.9. The van der Waals surface area contributed by atoms with Gasteiger partial charge in [0.25, 0.3) is 0 Å². The van der Waals surface area contributed by atoms with Crippen LogP contribution in [0.15, 0.2) is 6.07 Å². The van der Waals surface area contributed by atoms with Gasteiger partial charge in [0.2, 0.25) is 0 Å². The minimum atomic E-state index is 0.219. The highest BCUT2D eigenvalue weighted by Gasteiger charge is 2.20. The molecule has 0 spiro atoms. The molecule has 0 fully saturated rings. The van der Waals surface area contributed by atoms with Crippen LogP contribution in [0.2, 0.25) is 0 Å². The summed E-state index contributed by atoms with van der Waals surface area (Å²) in [5.41, 5.74) is 4.47. The van der Waals surface area contributed by atoms with E-state index in [1.165, 1.54) is 17.0 Å². The van der Waals surface area contributed by atoms with Gasteiger partial charge in [-0.2, -0.15) is 0 Å². The maximum atomic E-state index is 3.60. The molecule has 0 amide bonds. The van der Waals surface area contributed by atoms with Gasteiger partial charge in [0.15, 0.2) is 0 Å².